The van der Waals surface area contributed by atoms with Crippen LogP contribution in [0.5, 0.6) is 0 Å². The van der Waals surface area contributed by atoms with Gasteiger partial charge in [-0.1, -0.05) is 30.3 Å². The molecule has 0 saturated heterocycles. The van der Waals surface area contributed by atoms with Gasteiger partial charge in [0.15, 0.2) is 0 Å². The molecule has 0 aliphatic rings. The van der Waals surface area contributed by atoms with Crippen LogP contribution in [-0.4, -0.2) is 20.9 Å². The molecule has 1 atom stereocenters. The first-order valence-corrected chi connectivity index (χ1v) is 9.46. The van der Waals surface area contributed by atoms with Gasteiger partial charge in [0.05, 0.1) is 10.9 Å². The monoisotopic (exact) mass is 364 g/mol. The molecule has 134 valence electrons. The van der Waals surface area contributed by atoms with E-state index in [1.165, 1.54) is 12.1 Å². The summed E-state index contributed by atoms with van der Waals surface area (Å²) in [5.41, 5.74) is 1.01. The second-order valence-electron chi connectivity index (χ2n) is 5.66. The molecule has 0 radical (unpaired) electrons. The van der Waals surface area contributed by atoms with E-state index in [9.17, 15) is 17.6 Å². The number of sulfonamides is 1. The number of amides is 1. The molecule has 2 aromatic carbocycles. The summed E-state index contributed by atoms with van der Waals surface area (Å²) in [5, 5.41) is 2.87. The third-order valence-corrected chi connectivity index (χ3v) is 5.15. The Hall–Kier alpha value is -2.25. The summed E-state index contributed by atoms with van der Waals surface area (Å²) in [6, 6.07) is 14.1. The number of hydrogen-bond donors (Lipinski definition) is 2. The molecule has 0 aliphatic heterocycles. The third-order valence-electron chi connectivity index (χ3n) is 3.67. The molecule has 0 spiro atoms. The number of carbonyl (C=O) groups excluding carboxylic acids is 1. The smallest absolute Gasteiger partial charge is 0.240 e. The minimum atomic E-state index is -3.69. The normalized spacial score (nSPS) is 12.6. The molecular formula is C18H21FN2O3S. The lowest BCUT2D eigenvalue weighted by molar-refractivity contribution is -0.121. The SMILES string of the molecule is C[C@@H](NC(=O)CCCNS(=O)(=O)c1ccc(F)cc1)c1ccccc1. The number of rotatable bonds is 8. The zero-order valence-corrected chi connectivity index (χ0v) is 14.7. The molecule has 0 heterocycles. The van der Waals surface area contributed by atoms with E-state index in [1.807, 2.05) is 37.3 Å². The van der Waals surface area contributed by atoms with Crippen LogP contribution in [0.15, 0.2) is 59.5 Å². The van der Waals surface area contributed by atoms with Gasteiger partial charge in [-0.3, -0.25) is 4.79 Å². The van der Waals surface area contributed by atoms with Crippen LogP contribution in [0.25, 0.3) is 0 Å². The van der Waals surface area contributed by atoms with Crippen molar-refractivity contribution in [2.75, 3.05) is 6.54 Å². The van der Waals surface area contributed by atoms with Gasteiger partial charge in [-0.2, -0.15) is 0 Å². The van der Waals surface area contributed by atoms with Gasteiger partial charge in [-0.25, -0.2) is 17.5 Å². The standard InChI is InChI=1S/C18H21FN2O3S/c1-14(15-6-3-2-4-7-15)21-18(22)8-5-13-20-25(23,24)17-11-9-16(19)10-12-17/h2-4,6-7,9-12,14,20H,5,8,13H2,1H3,(H,21,22)/t14-/m1/s1. The van der Waals surface area contributed by atoms with Crippen molar-refractivity contribution in [1.29, 1.82) is 0 Å². The highest BCUT2D eigenvalue weighted by atomic mass is 32.2. The second kappa shape index (κ2) is 8.73. The number of halogens is 1. The maximum Gasteiger partial charge on any atom is 0.240 e. The average molecular weight is 364 g/mol. The molecule has 7 heteroatoms. The van der Waals surface area contributed by atoms with E-state index in [0.29, 0.717) is 6.42 Å². The fraction of sp³-hybridized carbons (Fsp3) is 0.278. The fourth-order valence-corrected chi connectivity index (χ4v) is 3.37. The average Bonchev–Trinajstić information content (AvgIpc) is 2.60. The second-order valence-corrected chi connectivity index (χ2v) is 7.42. The summed E-state index contributed by atoms with van der Waals surface area (Å²) in [6.07, 6.45) is 0.580. The molecule has 25 heavy (non-hydrogen) atoms. The van der Waals surface area contributed by atoms with E-state index in [2.05, 4.69) is 10.0 Å². The van der Waals surface area contributed by atoms with Gasteiger partial charge in [-0.15, -0.1) is 0 Å². The van der Waals surface area contributed by atoms with E-state index in [1.54, 1.807) is 0 Å². The van der Waals surface area contributed by atoms with Crippen LogP contribution < -0.4 is 10.0 Å². The molecule has 0 unspecified atom stereocenters. The summed E-state index contributed by atoms with van der Waals surface area (Å²) < 4.78 is 39.3. The van der Waals surface area contributed by atoms with Crippen molar-refractivity contribution >= 4 is 15.9 Å². The zero-order valence-electron chi connectivity index (χ0n) is 13.9. The van der Waals surface area contributed by atoms with Crippen molar-refractivity contribution < 1.29 is 17.6 Å². The van der Waals surface area contributed by atoms with Gasteiger partial charge < -0.3 is 5.32 Å². The molecular weight excluding hydrogens is 343 g/mol. The Balaban J connectivity index is 1.75. The van der Waals surface area contributed by atoms with E-state index in [0.717, 1.165) is 17.7 Å². The van der Waals surface area contributed by atoms with E-state index < -0.39 is 15.8 Å². The highest BCUT2D eigenvalue weighted by Crippen LogP contribution is 2.12. The lowest BCUT2D eigenvalue weighted by Crippen LogP contribution is -2.29. The van der Waals surface area contributed by atoms with Gasteiger partial charge in [0.2, 0.25) is 15.9 Å². The highest BCUT2D eigenvalue weighted by molar-refractivity contribution is 7.89. The van der Waals surface area contributed by atoms with Crippen LogP contribution in [-0.2, 0) is 14.8 Å². The van der Waals surface area contributed by atoms with Crippen LogP contribution in [0.3, 0.4) is 0 Å². The zero-order chi connectivity index (χ0) is 18.3. The Kier molecular flexibility index (Phi) is 6.66. The predicted molar refractivity (Wildman–Crippen MR) is 93.8 cm³/mol. The number of carbonyl (C=O) groups is 1. The third kappa shape index (κ3) is 5.95. The van der Waals surface area contributed by atoms with E-state index in [4.69, 9.17) is 0 Å². The Morgan fingerprint density at radius 1 is 1.08 bits per heavy atom. The van der Waals surface area contributed by atoms with E-state index in [-0.39, 0.29) is 29.8 Å². The predicted octanol–water partition coefficient (Wildman–Crippen LogP) is 2.76. The van der Waals surface area contributed by atoms with Crippen molar-refractivity contribution in [2.45, 2.75) is 30.7 Å². The largest absolute Gasteiger partial charge is 0.350 e. The fourth-order valence-electron chi connectivity index (χ4n) is 2.29. The van der Waals surface area contributed by atoms with Crippen molar-refractivity contribution in [3.05, 3.63) is 66.0 Å². The lowest BCUT2D eigenvalue weighted by atomic mass is 10.1. The lowest BCUT2D eigenvalue weighted by Gasteiger charge is -2.14. The van der Waals surface area contributed by atoms with Gasteiger partial charge >= 0.3 is 0 Å². The van der Waals surface area contributed by atoms with Crippen LogP contribution in [0.4, 0.5) is 4.39 Å². The van der Waals surface area contributed by atoms with Crippen molar-refractivity contribution in [1.82, 2.24) is 10.0 Å². The Morgan fingerprint density at radius 2 is 1.72 bits per heavy atom. The first-order chi connectivity index (χ1) is 11.9. The maximum atomic E-state index is 12.8. The summed E-state index contributed by atoms with van der Waals surface area (Å²) >= 11 is 0. The first-order valence-electron chi connectivity index (χ1n) is 7.98. The molecule has 1 amide bonds. The van der Waals surface area contributed by atoms with Crippen LogP contribution in [0, 0.1) is 5.82 Å². The minimum absolute atomic E-state index is 0.00366. The topological polar surface area (TPSA) is 75.3 Å². The quantitative estimate of drug-likeness (QED) is 0.707. The Labute approximate surface area is 147 Å². The highest BCUT2D eigenvalue weighted by Gasteiger charge is 2.14. The molecule has 0 fully saturated rings. The van der Waals surface area contributed by atoms with Gasteiger partial charge in [-0.05, 0) is 43.2 Å². The maximum absolute atomic E-state index is 12.8. The number of nitrogens with one attached hydrogen (secondary N) is 2. The summed E-state index contributed by atoms with van der Waals surface area (Å²) in [4.78, 5) is 11.9. The van der Waals surface area contributed by atoms with Crippen LogP contribution in [0.2, 0.25) is 0 Å². The number of benzene rings is 2. The minimum Gasteiger partial charge on any atom is -0.350 e. The first kappa shape index (κ1) is 19.1. The molecule has 2 aromatic rings. The Morgan fingerprint density at radius 3 is 2.36 bits per heavy atom. The van der Waals surface area contributed by atoms with Crippen LogP contribution >= 0.6 is 0 Å². The molecule has 0 aromatic heterocycles. The van der Waals surface area contributed by atoms with Gasteiger partial charge in [0.25, 0.3) is 0 Å². The summed E-state index contributed by atoms with van der Waals surface area (Å²) in [6.45, 7) is 2.03. The van der Waals surface area contributed by atoms with Crippen molar-refractivity contribution in [3.8, 4) is 0 Å². The molecule has 0 saturated carbocycles. The summed E-state index contributed by atoms with van der Waals surface area (Å²) in [7, 11) is -3.69. The van der Waals surface area contributed by atoms with E-state index >= 15 is 0 Å². The van der Waals surface area contributed by atoms with Crippen molar-refractivity contribution in [2.24, 2.45) is 0 Å². The molecule has 2 N–H and O–H groups in total. The van der Waals surface area contributed by atoms with Crippen molar-refractivity contribution in [3.63, 3.8) is 0 Å². The molecule has 0 aliphatic carbocycles. The van der Waals surface area contributed by atoms with Crippen LogP contribution in [0.1, 0.15) is 31.4 Å². The molecule has 2 rings (SSSR count). The molecule has 0 bridgehead atoms. The molecule has 5 nitrogen and oxygen atoms in total. The van der Waals surface area contributed by atoms with Gasteiger partial charge in [0.1, 0.15) is 5.82 Å². The summed E-state index contributed by atoms with van der Waals surface area (Å²) in [5.74, 6) is -0.638. The number of hydrogen-bond acceptors (Lipinski definition) is 3. The Bertz CT molecular complexity index is 793. The van der Waals surface area contributed by atoms with Gasteiger partial charge in [0, 0.05) is 13.0 Å².